The van der Waals surface area contributed by atoms with E-state index in [9.17, 15) is 22.8 Å². The van der Waals surface area contributed by atoms with Crippen LogP contribution in [0.2, 0.25) is 0 Å². The molecule has 0 radical (unpaired) electrons. The third kappa shape index (κ3) is 3.76. The molecular weight excluding hydrogens is 371 g/mol. The van der Waals surface area contributed by atoms with Crippen LogP contribution in [0.4, 0.5) is 18.9 Å². The number of hydrogen-bond donors (Lipinski definition) is 1. The molecule has 1 aliphatic rings. The Kier molecular flexibility index (Phi) is 4.97. The molecule has 1 aliphatic heterocycles. The maximum atomic E-state index is 12.9. The highest BCUT2D eigenvalue weighted by molar-refractivity contribution is 6.23. The molecule has 0 spiro atoms. The standard InChI is InChI=1S/C20H18F3N3O2/c1-11(27)13-6-9-16-15(10-13)17(19(28)24-16)18(25-26(2)3)12-4-7-14(8-5-12)20(21,22)23/h4-10,17H,1-3H3,(H,24,28). The molecule has 1 amide bonds. The van der Waals surface area contributed by atoms with Crippen molar-refractivity contribution in [3.8, 4) is 0 Å². The van der Waals surface area contributed by atoms with Crippen LogP contribution in [-0.4, -0.2) is 36.5 Å². The van der Waals surface area contributed by atoms with Crippen molar-refractivity contribution in [1.29, 1.82) is 0 Å². The molecule has 0 aliphatic carbocycles. The maximum Gasteiger partial charge on any atom is 0.416 e. The normalized spacial score (nSPS) is 16.6. The highest BCUT2D eigenvalue weighted by atomic mass is 19.4. The van der Waals surface area contributed by atoms with E-state index < -0.39 is 17.7 Å². The van der Waals surface area contributed by atoms with Crippen LogP contribution in [0.1, 0.15) is 39.9 Å². The third-order valence-corrected chi connectivity index (χ3v) is 4.38. The van der Waals surface area contributed by atoms with E-state index in [1.807, 2.05) is 0 Å². The quantitative estimate of drug-likeness (QED) is 0.490. The molecule has 8 heteroatoms. The molecule has 0 fully saturated rings. The van der Waals surface area contributed by atoms with Crippen LogP contribution in [0.3, 0.4) is 0 Å². The molecular formula is C20H18F3N3O2. The number of ketones is 1. The van der Waals surface area contributed by atoms with Crippen molar-refractivity contribution in [3.63, 3.8) is 0 Å². The van der Waals surface area contributed by atoms with Crippen molar-refractivity contribution >= 4 is 23.1 Å². The molecule has 1 N–H and O–H groups in total. The number of carbonyl (C=O) groups excluding carboxylic acids is 2. The molecule has 1 unspecified atom stereocenters. The SMILES string of the molecule is CC(=O)c1ccc2c(c1)C(C(=NN(C)C)c1ccc(C(F)(F)F)cc1)C(=O)N2. The van der Waals surface area contributed by atoms with Crippen LogP contribution in [0.15, 0.2) is 47.6 Å². The molecule has 0 saturated heterocycles. The van der Waals surface area contributed by atoms with Crippen LogP contribution in [-0.2, 0) is 11.0 Å². The summed E-state index contributed by atoms with van der Waals surface area (Å²) in [6, 6.07) is 9.39. The molecule has 5 nitrogen and oxygen atoms in total. The van der Waals surface area contributed by atoms with Gasteiger partial charge in [-0.3, -0.25) is 9.59 Å². The summed E-state index contributed by atoms with van der Waals surface area (Å²) in [7, 11) is 3.31. The van der Waals surface area contributed by atoms with Gasteiger partial charge < -0.3 is 10.3 Å². The number of Topliss-reactive ketones (excluding diaryl/α,β-unsaturated/α-hetero) is 1. The van der Waals surface area contributed by atoms with E-state index in [-0.39, 0.29) is 11.7 Å². The summed E-state index contributed by atoms with van der Waals surface area (Å²) in [4.78, 5) is 24.4. The van der Waals surface area contributed by atoms with Gasteiger partial charge in [-0.25, -0.2) is 0 Å². The highest BCUT2D eigenvalue weighted by Crippen LogP contribution is 2.37. The molecule has 0 aromatic heterocycles. The van der Waals surface area contributed by atoms with Gasteiger partial charge in [-0.1, -0.05) is 12.1 Å². The van der Waals surface area contributed by atoms with E-state index in [1.165, 1.54) is 24.1 Å². The Morgan fingerprint density at radius 1 is 1.07 bits per heavy atom. The average Bonchev–Trinajstić information content (AvgIpc) is 2.93. The van der Waals surface area contributed by atoms with Crippen molar-refractivity contribution in [2.24, 2.45) is 5.10 Å². The van der Waals surface area contributed by atoms with Crippen LogP contribution in [0.5, 0.6) is 0 Å². The highest BCUT2D eigenvalue weighted by Gasteiger charge is 2.37. The van der Waals surface area contributed by atoms with Gasteiger partial charge in [-0.2, -0.15) is 18.3 Å². The molecule has 1 heterocycles. The Labute approximate surface area is 159 Å². The lowest BCUT2D eigenvalue weighted by Crippen LogP contribution is -2.24. The fourth-order valence-corrected chi connectivity index (χ4v) is 3.08. The number of amides is 1. The summed E-state index contributed by atoms with van der Waals surface area (Å²) < 4.78 is 38.6. The largest absolute Gasteiger partial charge is 0.416 e. The van der Waals surface area contributed by atoms with Crippen molar-refractivity contribution in [3.05, 3.63) is 64.7 Å². The van der Waals surface area contributed by atoms with Crippen molar-refractivity contribution in [1.82, 2.24) is 5.01 Å². The van der Waals surface area contributed by atoms with E-state index in [4.69, 9.17) is 0 Å². The number of hydrogen-bond acceptors (Lipinski definition) is 4. The number of rotatable bonds is 4. The Bertz CT molecular complexity index is 964. The van der Waals surface area contributed by atoms with E-state index in [2.05, 4.69) is 10.4 Å². The van der Waals surface area contributed by atoms with Gasteiger partial charge in [0.1, 0.15) is 5.92 Å². The first-order chi connectivity index (χ1) is 13.1. The van der Waals surface area contributed by atoms with E-state index in [0.29, 0.717) is 28.1 Å². The zero-order valence-corrected chi connectivity index (χ0v) is 15.5. The molecule has 1 atom stereocenters. The first kappa shape index (κ1) is 19.6. The van der Waals surface area contributed by atoms with Crippen molar-refractivity contribution in [2.75, 3.05) is 19.4 Å². The Morgan fingerprint density at radius 2 is 1.68 bits per heavy atom. The van der Waals surface area contributed by atoms with Crippen LogP contribution in [0, 0.1) is 0 Å². The number of benzene rings is 2. The van der Waals surface area contributed by atoms with Crippen LogP contribution in [0.25, 0.3) is 0 Å². The second kappa shape index (κ2) is 7.10. The van der Waals surface area contributed by atoms with E-state index in [0.717, 1.165) is 12.1 Å². The zero-order valence-electron chi connectivity index (χ0n) is 15.5. The molecule has 2 aromatic carbocycles. The van der Waals surface area contributed by atoms with Gasteiger partial charge in [-0.15, -0.1) is 0 Å². The van der Waals surface area contributed by atoms with Gasteiger partial charge in [-0.05, 0) is 48.4 Å². The number of fused-ring (bicyclic) bond motifs is 1. The summed E-state index contributed by atoms with van der Waals surface area (Å²) in [6.45, 7) is 1.42. The number of carbonyl (C=O) groups is 2. The summed E-state index contributed by atoms with van der Waals surface area (Å²) in [5.41, 5.74) is 1.47. The average molecular weight is 389 g/mol. The Balaban J connectivity index is 2.11. The van der Waals surface area contributed by atoms with Gasteiger partial charge in [0.2, 0.25) is 5.91 Å². The van der Waals surface area contributed by atoms with E-state index in [1.54, 1.807) is 32.3 Å². The number of halogens is 3. The lowest BCUT2D eigenvalue weighted by Gasteiger charge is -2.17. The summed E-state index contributed by atoms with van der Waals surface area (Å²) >= 11 is 0. The second-order valence-electron chi connectivity index (χ2n) is 6.69. The van der Waals surface area contributed by atoms with Gasteiger partial charge in [0.25, 0.3) is 0 Å². The smallest absolute Gasteiger partial charge is 0.325 e. The van der Waals surface area contributed by atoms with Crippen LogP contribution < -0.4 is 5.32 Å². The molecule has 2 aromatic rings. The fraction of sp³-hybridized carbons (Fsp3) is 0.250. The minimum absolute atomic E-state index is 0.151. The summed E-state index contributed by atoms with van der Waals surface area (Å²) in [5, 5.41) is 8.59. The van der Waals surface area contributed by atoms with Gasteiger partial charge in [0, 0.05) is 25.3 Å². The second-order valence-corrected chi connectivity index (χ2v) is 6.69. The Morgan fingerprint density at radius 3 is 2.21 bits per heavy atom. The summed E-state index contributed by atoms with van der Waals surface area (Å²) in [6.07, 6.45) is -4.45. The topological polar surface area (TPSA) is 61.8 Å². The van der Waals surface area contributed by atoms with Crippen molar-refractivity contribution in [2.45, 2.75) is 19.0 Å². The molecule has 28 heavy (non-hydrogen) atoms. The fourth-order valence-electron chi connectivity index (χ4n) is 3.08. The first-order valence-corrected chi connectivity index (χ1v) is 8.47. The Hall–Kier alpha value is -3.16. The number of nitrogens with zero attached hydrogens (tertiary/aromatic N) is 2. The number of hydrazone groups is 1. The zero-order chi connectivity index (χ0) is 20.6. The minimum atomic E-state index is -4.45. The molecule has 0 bridgehead atoms. The van der Waals surface area contributed by atoms with Crippen LogP contribution >= 0.6 is 0 Å². The lowest BCUT2D eigenvalue weighted by molar-refractivity contribution is -0.137. The predicted molar refractivity (Wildman–Crippen MR) is 99.5 cm³/mol. The predicted octanol–water partition coefficient (Wildman–Crippen LogP) is 3.91. The minimum Gasteiger partial charge on any atom is -0.325 e. The molecule has 3 rings (SSSR count). The first-order valence-electron chi connectivity index (χ1n) is 8.47. The number of alkyl halides is 3. The lowest BCUT2D eigenvalue weighted by atomic mass is 9.89. The number of nitrogens with one attached hydrogen (secondary N) is 1. The van der Waals surface area contributed by atoms with Gasteiger partial charge in [0.05, 0.1) is 11.3 Å². The number of anilines is 1. The summed E-state index contributed by atoms with van der Waals surface area (Å²) in [5.74, 6) is -1.34. The van der Waals surface area contributed by atoms with Crippen molar-refractivity contribution < 1.29 is 22.8 Å². The molecule has 146 valence electrons. The maximum absolute atomic E-state index is 12.9. The van der Waals surface area contributed by atoms with Gasteiger partial charge in [0.15, 0.2) is 5.78 Å². The van der Waals surface area contributed by atoms with Gasteiger partial charge >= 0.3 is 6.18 Å². The third-order valence-electron chi connectivity index (χ3n) is 4.38. The van der Waals surface area contributed by atoms with E-state index >= 15 is 0 Å². The monoisotopic (exact) mass is 389 g/mol. The molecule has 0 saturated carbocycles.